The first-order chi connectivity index (χ1) is 11.8. The number of para-hydroxylation sites is 2. The fraction of sp³-hybridized carbons (Fsp3) is 0.222. The molecule has 0 bridgehead atoms. The number of nitrogens with one attached hydrogen (secondary N) is 1. The van der Waals surface area contributed by atoms with Gasteiger partial charge in [0.05, 0.1) is 24.4 Å². The molecule has 0 aliphatic carbocycles. The average molecular weight is 361 g/mol. The van der Waals surface area contributed by atoms with Crippen molar-refractivity contribution in [2.45, 2.75) is 0 Å². The Balaban J connectivity index is 0.00000182. The molecule has 0 amide bonds. The van der Waals surface area contributed by atoms with E-state index in [0.29, 0.717) is 24.8 Å². The number of nitrogens with zero attached hydrogens (tertiary/aromatic N) is 3. The second kappa shape index (κ2) is 7.63. The highest BCUT2D eigenvalue weighted by atomic mass is 35.5. The summed E-state index contributed by atoms with van der Waals surface area (Å²) in [5, 5.41) is 3.97. The Morgan fingerprint density at radius 2 is 1.68 bits per heavy atom. The van der Waals surface area contributed by atoms with Crippen molar-refractivity contribution in [2.24, 2.45) is 0 Å². The SMILES string of the molecule is Cl.Fc1ccccc1Nc1nc(N2CCOCC2)c2ccccc2n1. The number of halogens is 2. The first-order valence-electron chi connectivity index (χ1n) is 7.92. The Hall–Kier alpha value is -2.44. The minimum absolute atomic E-state index is 0. The first kappa shape index (κ1) is 17.4. The predicted octanol–water partition coefficient (Wildman–Crippen LogP) is 3.77. The fourth-order valence-corrected chi connectivity index (χ4v) is 2.81. The van der Waals surface area contributed by atoms with E-state index in [0.717, 1.165) is 29.8 Å². The van der Waals surface area contributed by atoms with Crippen molar-refractivity contribution in [3.05, 3.63) is 54.3 Å². The molecule has 0 unspecified atom stereocenters. The van der Waals surface area contributed by atoms with Crippen molar-refractivity contribution >= 4 is 40.8 Å². The molecule has 0 atom stereocenters. The van der Waals surface area contributed by atoms with Crippen LogP contribution in [-0.4, -0.2) is 36.3 Å². The van der Waals surface area contributed by atoms with Gasteiger partial charge in [-0.1, -0.05) is 24.3 Å². The van der Waals surface area contributed by atoms with Gasteiger partial charge >= 0.3 is 0 Å². The topological polar surface area (TPSA) is 50.3 Å². The summed E-state index contributed by atoms with van der Waals surface area (Å²) in [6, 6.07) is 14.4. The zero-order chi connectivity index (χ0) is 16.4. The molecule has 1 aromatic heterocycles. The molecular formula is C18H18ClFN4O. The summed E-state index contributed by atoms with van der Waals surface area (Å²) in [6.07, 6.45) is 0. The van der Waals surface area contributed by atoms with Crippen LogP contribution in [0.4, 0.5) is 21.8 Å². The number of benzene rings is 2. The van der Waals surface area contributed by atoms with Gasteiger partial charge in [-0.2, -0.15) is 4.98 Å². The maximum absolute atomic E-state index is 13.9. The van der Waals surface area contributed by atoms with E-state index >= 15 is 0 Å². The van der Waals surface area contributed by atoms with Gasteiger partial charge in [0.2, 0.25) is 5.95 Å². The summed E-state index contributed by atoms with van der Waals surface area (Å²) >= 11 is 0. The molecule has 5 nitrogen and oxygen atoms in total. The van der Waals surface area contributed by atoms with Gasteiger partial charge < -0.3 is 15.0 Å². The number of ether oxygens (including phenoxy) is 1. The van der Waals surface area contributed by atoms with E-state index in [1.807, 2.05) is 24.3 Å². The quantitative estimate of drug-likeness (QED) is 0.770. The van der Waals surface area contributed by atoms with E-state index in [4.69, 9.17) is 4.74 Å². The van der Waals surface area contributed by atoms with Gasteiger partial charge in [-0.05, 0) is 24.3 Å². The van der Waals surface area contributed by atoms with Crippen molar-refractivity contribution in [1.82, 2.24) is 9.97 Å². The van der Waals surface area contributed by atoms with Gasteiger partial charge in [0.25, 0.3) is 0 Å². The number of hydrogen-bond acceptors (Lipinski definition) is 5. The minimum Gasteiger partial charge on any atom is -0.378 e. The first-order valence-corrected chi connectivity index (χ1v) is 7.92. The van der Waals surface area contributed by atoms with Crippen molar-refractivity contribution in [1.29, 1.82) is 0 Å². The highest BCUT2D eigenvalue weighted by molar-refractivity contribution is 5.90. The number of fused-ring (bicyclic) bond motifs is 1. The lowest BCUT2D eigenvalue weighted by Crippen LogP contribution is -2.37. The molecule has 1 aliphatic rings. The zero-order valence-corrected chi connectivity index (χ0v) is 14.3. The van der Waals surface area contributed by atoms with Crippen LogP contribution in [0.1, 0.15) is 0 Å². The minimum atomic E-state index is -0.331. The Morgan fingerprint density at radius 1 is 0.960 bits per heavy atom. The molecule has 4 rings (SSSR count). The molecule has 25 heavy (non-hydrogen) atoms. The molecular weight excluding hydrogens is 343 g/mol. The normalized spacial score (nSPS) is 14.2. The van der Waals surface area contributed by atoms with Gasteiger partial charge in [-0.15, -0.1) is 12.4 Å². The van der Waals surface area contributed by atoms with Crippen LogP contribution in [0.2, 0.25) is 0 Å². The molecule has 0 spiro atoms. The van der Waals surface area contributed by atoms with E-state index in [1.165, 1.54) is 6.07 Å². The lowest BCUT2D eigenvalue weighted by molar-refractivity contribution is 0.122. The summed E-state index contributed by atoms with van der Waals surface area (Å²) < 4.78 is 19.3. The van der Waals surface area contributed by atoms with Crippen molar-refractivity contribution < 1.29 is 9.13 Å². The van der Waals surface area contributed by atoms with Gasteiger partial charge in [0, 0.05) is 18.5 Å². The van der Waals surface area contributed by atoms with Crippen LogP contribution in [0, 0.1) is 5.82 Å². The van der Waals surface area contributed by atoms with Crippen molar-refractivity contribution in [2.75, 3.05) is 36.5 Å². The largest absolute Gasteiger partial charge is 0.378 e. The van der Waals surface area contributed by atoms with E-state index in [2.05, 4.69) is 20.2 Å². The number of anilines is 3. The van der Waals surface area contributed by atoms with Crippen molar-refractivity contribution in [3.8, 4) is 0 Å². The molecule has 1 N–H and O–H groups in total. The Bertz CT molecular complexity index is 871. The second-order valence-corrected chi connectivity index (χ2v) is 5.59. The molecule has 2 aromatic carbocycles. The molecule has 2 heterocycles. The fourth-order valence-electron chi connectivity index (χ4n) is 2.81. The van der Waals surface area contributed by atoms with Gasteiger partial charge in [-0.25, -0.2) is 9.37 Å². The van der Waals surface area contributed by atoms with Crippen LogP contribution in [-0.2, 0) is 4.74 Å². The zero-order valence-electron chi connectivity index (χ0n) is 13.5. The average Bonchev–Trinajstić information content (AvgIpc) is 2.64. The molecule has 1 fully saturated rings. The smallest absolute Gasteiger partial charge is 0.229 e. The predicted molar refractivity (Wildman–Crippen MR) is 99.5 cm³/mol. The van der Waals surface area contributed by atoms with Gasteiger partial charge in [0.1, 0.15) is 11.6 Å². The van der Waals surface area contributed by atoms with Crippen LogP contribution in [0.15, 0.2) is 48.5 Å². The summed E-state index contributed by atoms with van der Waals surface area (Å²) in [5.74, 6) is 0.908. The van der Waals surface area contributed by atoms with Crippen LogP contribution < -0.4 is 10.2 Å². The monoisotopic (exact) mass is 360 g/mol. The van der Waals surface area contributed by atoms with Crippen LogP contribution in [0.3, 0.4) is 0 Å². The summed E-state index contributed by atoms with van der Waals surface area (Å²) in [6.45, 7) is 2.91. The molecule has 0 radical (unpaired) electrons. The Labute approximate surface area is 151 Å². The van der Waals surface area contributed by atoms with E-state index < -0.39 is 0 Å². The maximum atomic E-state index is 13.9. The van der Waals surface area contributed by atoms with Crippen molar-refractivity contribution in [3.63, 3.8) is 0 Å². The molecule has 1 aliphatic heterocycles. The van der Waals surface area contributed by atoms with E-state index in [9.17, 15) is 4.39 Å². The number of aromatic nitrogens is 2. The highest BCUT2D eigenvalue weighted by Gasteiger charge is 2.17. The van der Waals surface area contributed by atoms with E-state index in [1.54, 1.807) is 18.2 Å². The third kappa shape index (κ3) is 3.65. The molecule has 7 heteroatoms. The standard InChI is InChI=1S/C18H17FN4O.ClH/c19-14-6-2-4-8-16(14)21-18-20-15-7-3-1-5-13(15)17(22-18)23-9-11-24-12-10-23;/h1-8H,9-12H2,(H,20,21,22);1H. The van der Waals surface area contributed by atoms with Gasteiger partial charge in [-0.3, -0.25) is 0 Å². The molecule has 3 aromatic rings. The van der Waals surface area contributed by atoms with Gasteiger partial charge in [0.15, 0.2) is 0 Å². The summed E-state index contributed by atoms with van der Waals surface area (Å²) in [5.41, 5.74) is 1.19. The Morgan fingerprint density at radius 3 is 2.48 bits per heavy atom. The Kier molecular flexibility index (Phi) is 5.31. The third-order valence-electron chi connectivity index (χ3n) is 4.01. The van der Waals surface area contributed by atoms with Crippen LogP contribution in [0.5, 0.6) is 0 Å². The highest BCUT2D eigenvalue weighted by Crippen LogP contribution is 2.27. The maximum Gasteiger partial charge on any atom is 0.229 e. The number of morpholine rings is 1. The molecule has 130 valence electrons. The second-order valence-electron chi connectivity index (χ2n) is 5.59. The number of hydrogen-bond donors (Lipinski definition) is 1. The lowest BCUT2D eigenvalue weighted by Gasteiger charge is -2.29. The molecule has 1 saturated heterocycles. The lowest BCUT2D eigenvalue weighted by atomic mass is 10.2. The third-order valence-corrected chi connectivity index (χ3v) is 4.01. The van der Waals surface area contributed by atoms with Crippen LogP contribution in [0.25, 0.3) is 10.9 Å². The molecule has 0 saturated carbocycles. The van der Waals surface area contributed by atoms with Crippen LogP contribution >= 0.6 is 12.4 Å². The number of rotatable bonds is 3. The van der Waals surface area contributed by atoms with E-state index in [-0.39, 0.29) is 18.2 Å². The summed E-state index contributed by atoms with van der Waals surface area (Å²) in [4.78, 5) is 11.3. The summed E-state index contributed by atoms with van der Waals surface area (Å²) in [7, 11) is 0.